The number of nitrogens with zero attached hydrogens (tertiary/aromatic N) is 2. The zero-order valence-electron chi connectivity index (χ0n) is 15.0. The van der Waals surface area contributed by atoms with Crippen molar-refractivity contribution in [2.45, 2.75) is 6.92 Å². The number of carbonyl (C=O) groups excluding carboxylic acids is 2. The van der Waals surface area contributed by atoms with E-state index in [4.69, 9.17) is 11.6 Å². The maximum absolute atomic E-state index is 12.2. The summed E-state index contributed by atoms with van der Waals surface area (Å²) in [5.74, 6) is -0.590. The number of benzene rings is 2. The van der Waals surface area contributed by atoms with Gasteiger partial charge in [0.1, 0.15) is 0 Å². The van der Waals surface area contributed by atoms with Gasteiger partial charge in [-0.05, 0) is 61.0 Å². The molecule has 2 aromatic carbocycles. The Balaban J connectivity index is 1.68. The highest BCUT2D eigenvalue weighted by molar-refractivity contribution is 6.30. The number of hydrogen-bond donors (Lipinski definition) is 2. The standard InChI is InChI=1S/C21H17ClN4O2/c1-14(25-26-21(28)15-7-9-18(22)10-8-15)16-4-2-6-19(12-16)24-20(27)17-5-3-11-23-13-17/h2-13H,1H3,(H,24,27)(H,26,28). The van der Waals surface area contributed by atoms with Crippen molar-refractivity contribution in [3.05, 3.63) is 94.8 Å². The van der Waals surface area contributed by atoms with Gasteiger partial charge in [0.15, 0.2) is 0 Å². The highest BCUT2D eigenvalue weighted by atomic mass is 35.5. The number of nitrogens with one attached hydrogen (secondary N) is 2. The van der Waals surface area contributed by atoms with Crippen LogP contribution in [0.5, 0.6) is 0 Å². The lowest BCUT2D eigenvalue weighted by molar-refractivity contribution is 0.0954. The predicted octanol–water partition coefficient (Wildman–Crippen LogP) is 4.14. The van der Waals surface area contributed by atoms with E-state index >= 15 is 0 Å². The fourth-order valence-electron chi connectivity index (χ4n) is 2.39. The average molecular weight is 393 g/mol. The van der Waals surface area contributed by atoms with Crippen LogP contribution in [0.25, 0.3) is 0 Å². The first kappa shape index (κ1) is 19.3. The van der Waals surface area contributed by atoms with Gasteiger partial charge in [0, 0.05) is 28.7 Å². The van der Waals surface area contributed by atoms with Crippen LogP contribution in [-0.2, 0) is 0 Å². The fraction of sp³-hybridized carbons (Fsp3) is 0.0476. The van der Waals surface area contributed by atoms with Crippen molar-refractivity contribution >= 4 is 34.8 Å². The number of anilines is 1. The van der Waals surface area contributed by atoms with Crippen LogP contribution in [0.2, 0.25) is 5.02 Å². The van der Waals surface area contributed by atoms with Crippen molar-refractivity contribution in [3.63, 3.8) is 0 Å². The van der Waals surface area contributed by atoms with Crippen LogP contribution < -0.4 is 10.7 Å². The van der Waals surface area contributed by atoms with Crippen molar-refractivity contribution in [1.29, 1.82) is 0 Å². The number of hydrazone groups is 1. The highest BCUT2D eigenvalue weighted by Gasteiger charge is 2.08. The molecular weight excluding hydrogens is 376 g/mol. The normalized spacial score (nSPS) is 11.0. The first-order valence-electron chi connectivity index (χ1n) is 8.45. The molecular formula is C21H17ClN4O2. The van der Waals surface area contributed by atoms with E-state index in [1.807, 2.05) is 6.07 Å². The molecule has 2 amide bonds. The molecule has 7 heteroatoms. The van der Waals surface area contributed by atoms with E-state index in [1.165, 1.54) is 6.20 Å². The summed E-state index contributed by atoms with van der Waals surface area (Å²) in [4.78, 5) is 28.3. The predicted molar refractivity (Wildman–Crippen MR) is 110 cm³/mol. The van der Waals surface area contributed by atoms with E-state index in [0.717, 1.165) is 5.56 Å². The van der Waals surface area contributed by atoms with Gasteiger partial charge >= 0.3 is 0 Å². The molecule has 0 saturated carbocycles. The summed E-state index contributed by atoms with van der Waals surface area (Å²) in [6.07, 6.45) is 3.10. The molecule has 0 unspecified atom stereocenters. The Morgan fingerprint density at radius 2 is 1.68 bits per heavy atom. The van der Waals surface area contributed by atoms with Crippen LogP contribution in [-0.4, -0.2) is 22.5 Å². The zero-order chi connectivity index (χ0) is 19.9. The average Bonchev–Trinajstić information content (AvgIpc) is 2.73. The molecule has 1 aromatic heterocycles. The molecule has 0 saturated heterocycles. The van der Waals surface area contributed by atoms with Crippen LogP contribution in [0.4, 0.5) is 5.69 Å². The maximum atomic E-state index is 12.2. The molecule has 28 heavy (non-hydrogen) atoms. The number of pyridine rings is 1. The molecule has 6 nitrogen and oxygen atoms in total. The second kappa shape index (κ2) is 8.92. The molecule has 3 aromatic rings. The quantitative estimate of drug-likeness (QED) is 0.505. The molecule has 0 spiro atoms. The lowest BCUT2D eigenvalue weighted by atomic mass is 10.1. The topological polar surface area (TPSA) is 83.5 Å². The molecule has 0 bridgehead atoms. The second-order valence-electron chi connectivity index (χ2n) is 5.92. The molecule has 0 aliphatic rings. The monoisotopic (exact) mass is 392 g/mol. The van der Waals surface area contributed by atoms with E-state index < -0.39 is 0 Å². The molecule has 0 atom stereocenters. The summed E-state index contributed by atoms with van der Waals surface area (Å²) in [6, 6.07) is 17.1. The van der Waals surface area contributed by atoms with Crippen LogP contribution in [0.1, 0.15) is 33.2 Å². The summed E-state index contributed by atoms with van der Waals surface area (Å²) >= 11 is 5.82. The Morgan fingerprint density at radius 1 is 0.929 bits per heavy atom. The van der Waals surface area contributed by atoms with Crippen molar-refractivity contribution in [1.82, 2.24) is 10.4 Å². The Bertz CT molecular complexity index is 1020. The molecule has 1 heterocycles. The summed E-state index contributed by atoms with van der Waals surface area (Å²) in [6.45, 7) is 1.77. The maximum Gasteiger partial charge on any atom is 0.271 e. The third kappa shape index (κ3) is 5.02. The highest BCUT2D eigenvalue weighted by Crippen LogP contribution is 2.13. The molecule has 0 aliphatic heterocycles. The van der Waals surface area contributed by atoms with Gasteiger partial charge in [-0.25, -0.2) is 5.43 Å². The number of halogens is 1. The third-order valence-corrected chi connectivity index (χ3v) is 4.15. The Morgan fingerprint density at radius 3 is 2.39 bits per heavy atom. The third-order valence-electron chi connectivity index (χ3n) is 3.89. The fourth-order valence-corrected chi connectivity index (χ4v) is 2.51. The minimum Gasteiger partial charge on any atom is -0.322 e. The van der Waals surface area contributed by atoms with Crippen LogP contribution in [0.15, 0.2) is 78.2 Å². The van der Waals surface area contributed by atoms with Gasteiger partial charge in [-0.2, -0.15) is 5.10 Å². The Kier molecular flexibility index (Phi) is 6.14. The van der Waals surface area contributed by atoms with E-state index in [-0.39, 0.29) is 11.8 Å². The van der Waals surface area contributed by atoms with Crippen molar-refractivity contribution in [2.24, 2.45) is 5.10 Å². The van der Waals surface area contributed by atoms with Gasteiger partial charge in [0.2, 0.25) is 0 Å². The number of rotatable bonds is 5. The van der Waals surface area contributed by atoms with Crippen LogP contribution in [0, 0.1) is 0 Å². The van der Waals surface area contributed by atoms with E-state index in [9.17, 15) is 9.59 Å². The van der Waals surface area contributed by atoms with Gasteiger partial charge in [-0.3, -0.25) is 14.6 Å². The largest absolute Gasteiger partial charge is 0.322 e. The molecule has 0 radical (unpaired) electrons. The molecule has 140 valence electrons. The molecule has 2 N–H and O–H groups in total. The van der Waals surface area contributed by atoms with E-state index in [0.29, 0.717) is 27.5 Å². The zero-order valence-corrected chi connectivity index (χ0v) is 15.8. The first-order valence-corrected chi connectivity index (χ1v) is 8.83. The van der Waals surface area contributed by atoms with E-state index in [2.05, 4.69) is 20.8 Å². The van der Waals surface area contributed by atoms with Crippen LogP contribution in [0.3, 0.4) is 0 Å². The minimum atomic E-state index is -0.336. The number of hydrogen-bond acceptors (Lipinski definition) is 4. The minimum absolute atomic E-state index is 0.254. The summed E-state index contributed by atoms with van der Waals surface area (Å²) in [5, 5.41) is 7.51. The van der Waals surface area contributed by atoms with Gasteiger partial charge in [0.25, 0.3) is 11.8 Å². The smallest absolute Gasteiger partial charge is 0.271 e. The van der Waals surface area contributed by atoms with Gasteiger partial charge < -0.3 is 5.32 Å². The first-order chi connectivity index (χ1) is 13.5. The summed E-state index contributed by atoms with van der Waals surface area (Å²) < 4.78 is 0. The number of amides is 2. The molecule has 0 fully saturated rings. The molecule has 3 rings (SSSR count). The summed E-state index contributed by atoms with van der Waals surface area (Å²) in [7, 11) is 0. The van der Waals surface area contributed by atoms with Gasteiger partial charge in [0.05, 0.1) is 11.3 Å². The van der Waals surface area contributed by atoms with Crippen molar-refractivity contribution in [3.8, 4) is 0 Å². The molecule has 0 aliphatic carbocycles. The lowest BCUT2D eigenvalue weighted by Crippen LogP contribution is -2.19. The SMILES string of the molecule is CC(=NNC(=O)c1ccc(Cl)cc1)c1cccc(NC(=O)c2cccnc2)c1. The van der Waals surface area contributed by atoms with Crippen LogP contribution >= 0.6 is 11.6 Å². The van der Waals surface area contributed by atoms with Crippen molar-refractivity contribution in [2.75, 3.05) is 5.32 Å². The van der Waals surface area contributed by atoms with Gasteiger partial charge in [-0.15, -0.1) is 0 Å². The Hall–Kier alpha value is -3.51. The second-order valence-corrected chi connectivity index (χ2v) is 6.36. The Labute approximate surface area is 167 Å². The summed E-state index contributed by atoms with van der Waals surface area (Å²) in [5.41, 5.74) is 5.41. The number of aromatic nitrogens is 1. The lowest BCUT2D eigenvalue weighted by Gasteiger charge is -2.08. The van der Waals surface area contributed by atoms with Gasteiger partial charge in [-0.1, -0.05) is 23.7 Å². The van der Waals surface area contributed by atoms with Crippen molar-refractivity contribution < 1.29 is 9.59 Å². The van der Waals surface area contributed by atoms with E-state index in [1.54, 1.807) is 67.7 Å². The number of carbonyl (C=O) groups is 2.